The van der Waals surface area contributed by atoms with Crippen LogP contribution >= 0.6 is 0 Å². The van der Waals surface area contributed by atoms with Crippen molar-refractivity contribution in [1.29, 1.82) is 0 Å². The molecule has 12 nitrogen and oxygen atoms in total. The van der Waals surface area contributed by atoms with Crippen LogP contribution in [0.1, 0.15) is 64.5 Å². The number of H-pyrrole nitrogens is 1. The number of aromatic amines is 1. The second-order valence-electron chi connectivity index (χ2n) is 11.0. The zero-order valence-electron chi connectivity index (χ0n) is 25.8. The van der Waals surface area contributed by atoms with Gasteiger partial charge >= 0.3 is 18.2 Å². The van der Waals surface area contributed by atoms with Gasteiger partial charge in [-0.3, -0.25) is 25.6 Å². The van der Waals surface area contributed by atoms with Gasteiger partial charge in [0.25, 0.3) is 0 Å². The van der Waals surface area contributed by atoms with Crippen molar-refractivity contribution >= 4 is 40.4 Å². The molecule has 0 spiro atoms. The number of nitrogens with zero attached hydrogens (tertiary/aromatic N) is 3. The van der Waals surface area contributed by atoms with Crippen LogP contribution in [0.25, 0.3) is 10.9 Å². The lowest BCUT2D eigenvalue weighted by atomic mass is 10.2. The maximum atomic E-state index is 11.4. The number of carbonyl (C=O) groups is 3. The maximum Gasteiger partial charge on any atom is 0.412 e. The van der Waals surface area contributed by atoms with Gasteiger partial charge in [0, 0.05) is 59.5 Å². The molecule has 4 heterocycles. The molecule has 43 heavy (non-hydrogen) atoms. The average Bonchev–Trinajstić information content (AvgIpc) is 3.34. The number of rotatable bonds is 4. The Bertz CT molecular complexity index is 1440. The van der Waals surface area contributed by atoms with Gasteiger partial charge in [-0.2, -0.15) is 0 Å². The Morgan fingerprint density at radius 3 is 1.91 bits per heavy atom. The number of pyridine rings is 3. The molecule has 4 aromatic heterocycles. The summed E-state index contributed by atoms with van der Waals surface area (Å²) in [5.41, 5.74) is 2.71. The third kappa shape index (κ3) is 13.5. The second kappa shape index (κ2) is 15.9. The van der Waals surface area contributed by atoms with Gasteiger partial charge in [0.05, 0.1) is 6.61 Å². The fourth-order valence-corrected chi connectivity index (χ4v) is 3.17. The first-order chi connectivity index (χ1) is 20.2. The first-order valence-corrected chi connectivity index (χ1v) is 13.6. The van der Waals surface area contributed by atoms with Crippen LogP contribution in [0.4, 0.5) is 21.0 Å². The van der Waals surface area contributed by atoms with Crippen LogP contribution in [-0.4, -0.2) is 55.9 Å². The lowest BCUT2D eigenvalue weighted by Crippen LogP contribution is -2.27. The average molecular weight is 593 g/mol. The number of aryl methyl sites for hydroxylation is 1. The Morgan fingerprint density at radius 2 is 1.35 bits per heavy atom. The molecule has 0 radical (unpaired) electrons. The van der Waals surface area contributed by atoms with E-state index >= 15 is 0 Å². The number of hydrogen-bond donors (Lipinski definition) is 3. The van der Waals surface area contributed by atoms with Crippen molar-refractivity contribution in [3.63, 3.8) is 0 Å². The highest BCUT2D eigenvalue weighted by atomic mass is 16.6. The molecule has 4 rings (SSSR count). The molecule has 0 atom stereocenters. The predicted molar refractivity (Wildman–Crippen MR) is 165 cm³/mol. The summed E-state index contributed by atoms with van der Waals surface area (Å²) in [6.45, 7) is 15.0. The van der Waals surface area contributed by atoms with Crippen molar-refractivity contribution in [2.75, 3.05) is 17.2 Å². The van der Waals surface area contributed by atoms with E-state index in [-0.39, 0.29) is 5.97 Å². The number of nitrogens with one attached hydrogen (secondary N) is 3. The van der Waals surface area contributed by atoms with E-state index in [2.05, 4.69) is 30.6 Å². The van der Waals surface area contributed by atoms with E-state index in [1.165, 1.54) is 0 Å². The van der Waals surface area contributed by atoms with E-state index < -0.39 is 23.4 Å². The van der Waals surface area contributed by atoms with E-state index in [4.69, 9.17) is 14.2 Å². The summed E-state index contributed by atoms with van der Waals surface area (Å²) in [6, 6.07) is 8.69. The third-order valence-corrected chi connectivity index (χ3v) is 4.90. The molecule has 12 heteroatoms. The quantitative estimate of drug-likeness (QED) is 0.169. The van der Waals surface area contributed by atoms with Crippen LogP contribution in [0, 0.1) is 6.92 Å². The minimum Gasteiger partial charge on any atom is -0.461 e. The summed E-state index contributed by atoms with van der Waals surface area (Å²) in [4.78, 5) is 48.7. The van der Waals surface area contributed by atoms with Crippen molar-refractivity contribution in [1.82, 2.24) is 19.9 Å². The molecule has 0 bridgehead atoms. The van der Waals surface area contributed by atoms with Crippen molar-refractivity contribution in [3.05, 3.63) is 78.8 Å². The van der Waals surface area contributed by atoms with Gasteiger partial charge in [-0.05, 0) is 91.3 Å². The van der Waals surface area contributed by atoms with Gasteiger partial charge in [-0.15, -0.1) is 0 Å². The lowest BCUT2D eigenvalue weighted by molar-refractivity contribution is 0.0519. The number of amides is 2. The van der Waals surface area contributed by atoms with Crippen molar-refractivity contribution in [3.8, 4) is 0 Å². The number of ether oxygens (including phenoxy) is 3. The Hall–Kier alpha value is -5.00. The highest BCUT2D eigenvalue weighted by Gasteiger charge is 2.17. The van der Waals surface area contributed by atoms with E-state index in [1.807, 2.05) is 54.5 Å². The van der Waals surface area contributed by atoms with E-state index in [0.29, 0.717) is 18.0 Å². The zero-order chi connectivity index (χ0) is 32.0. The van der Waals surface area contributed by atoms with Crippen molar-refractivity contribution in [2.45, 2.75) is 66.6 Å². The Kier molecular flexibility index (Phi) is 12.6. The predicted octanol–water partition coefficient (Wildman–Crippen LogP) is 6.91. The van der Waals surface area contributed by atoms with Gasteiger partial charge in [-0.25, -0.2) is 14.4 Å². The number of esters is 1. The SMILES string of the molecule is CC(C)(C)OC(=O)Nc1ccncc1.CCOC(=O)c1cc2cnccc2[nH]1.Cc1cnccc1NC(=O)OC(C)(C)C. The van der Waals surface area contributed by atoms with Gasteiger partial charge in [0.2, 0.25) is 0 Å². The summed E-state index contributed by atoms with van der Waals surface area (Å²) < 4.78 is 15.1. The standard InChI is InChI=1S/C11H16N2O2.C10H10N2O2.C10H14N2O2/c1-8-7-12-6-5-9(8)13-10(14)15-11(2,3)4;1-2-14-10(13)9-5-7-6-11-4-3-8(7)12-9;1-10(2,3)14-9(13)12-8-4-6-11-7-5-8/h5-7H,1-4H3,(H,12,13,14);3-6,12H,2H2,1H3;4-7H,1-3H3,(H,11,12,13). The minimum atomic E-state index is -0.481. The van der Waals surface area contributed by atoms with Crippen molar-refractivity contribution in [2.24, 2.45) is 0 Å². The second-order valence-corrected chi connectivity index (χ2v) is 11.0. The number of fused-ring (bicyclic) bond motifs is 1. The van der Waals surface area contributed by atoms with Crippen LogP contribution < -0.4 is 10.6 Å². The van der Waals surface area contributed by atoms with Crippen LogP contribution in [0.5, 0.6) is 0 Å². The monoisotopic (exact) mass is 592 g/mol. The fraction of sp³-hybridized carbons (Fsp3) is 0.355. The minimum absolute atomic E-state index is 0.330. The molecular formula is C31H40N6O6. The van der Waals surface area contributed by atoms with Gasteiger partial charge in [-0.1, -0.05) is 0 Å². The third-order valence-electron chi connectivity index (χ3n) is 4.90. The number of aromatic nitrogens is 4. The molecule has 0 unspecified atom stereocenters. The molecule has 0 aliphatic rings. The van der Waals surface area contributed by atoms with Crippen LogP contribution in [0.2, 0.25) is 0 Å². The highest BCUT2D eigenvalue weighted by Crippen LogP contribution is 2.15. The lowest BCUT2D eigenvalue weighted by Gasteiger charge is -2.20. The first kappa shape index (κ1) is 34.2. The highest BCUT2D eigenvalue weighted by molar-refractivity contribution is 5.94. The van der Waals surface area contributed by atoms with Crippen molar-refractivity contribution < 1.29 is 28.6 Å². The van der Waals surface area contributed by atoms with E-state index in [0.717, 1.165) is 22.2 Å². The zero-order valence-corrected chi connectivity index (χ0v) is 25.8. The molecule has 0 aliphatic heterocycles. The topological polar surface area (TPSA) is 157 Å². The molecule has 0 saturated carbocycles. The summed E-state index contributed by atoms with van der Waals surface area (Å²) in [7, 11) is 0. The van der Waals surface area contributed by atoms with Crippen LogP contribution in [-0.2, 0) is 14.2 Å². The molecule has 4 aromatic rings. The molecule has 2 amide bonds. The van der Waals surface area contributed by atoms with Gasteiger partial charge < -0.3 is 19.2 Å². The smallest absolute Gasteiger partial charge is 0.412 e. The molecule has 0 saturated heterocycles. The fourth-order valence-electron chi connectivity index (χ4n) is 3.17. The normalized spacial score (nSPS) is 10.7. The molecule has 0 fully saturated rings. The maximum absolute atomic E-state index is 11.4. The summed E-state index contributed by atoms with van der Waals surface area (Å²) in [6.07, 6.45) is 8.99. The summed E-state index contributed by atoms with van der Waals surface area (Å²) in [5.74, 6) is -0.330. The van der Waals surface area contributed by atoms with Crippen LogP contribution in [0.15, 0.2) is 67.5 Å². The molecule has 230 valence electrons. The first-order valence-electron chi connectivity index (χ1n) is 13.6. The van der Waals surface area contributed by atoms with E-state index in [1.54, 1.807) is 68.4 Å². The Labute approximate surface area is 251 Å². The number of carbonyl (C=O) groups excluding carboxylic acids is 3. The Balaban J connectivity index is 0.000000225. The molecule has 0 aliphatic carbocycles. The van der Waals surface area contributed by atoms with Crippen LogP contribution in [0.3, 0.4) is 0 Å². The largest absolute Gasteiger partial charge is 0.461 e. The van der Waals surface area contributed by atoms with Gasteiger partial charge in [0.15, 0.2) is 0 Å². The van der Waals surface area contributed by atoms with E-state index in [9.17, 15) is 14.4 Å². The summed E-state index contributed by atoms with van der Waals surface area (Å²) in [5, 5.41) is 6.18. The number of anilines is 2. The summed E-state index contributed by atoms with van der Waals surface area (Å²) >= 11 is 0. The molecule has 3 N–H and O–H groups in total. The molecular weight excluding hydrogens is 552 g/mol. The van der Waals surface area contributed by atoms with Gasteiger partial charge in [0.1, 0.15) is 16.9 Å². The number of hydrogen-bond acceptors (Lipinski definition) is 9. The molecule has 0 aromatic carbocycles. The Morgan fingerprint density at radius 1 is 0.791 bits per heavy atom.